The summed E-state index contributed by atoms with van der Waals surface area (Å²) in [6, 6.07) is 16.9. The van der Waals surface area contributed by atoms with E-state index in [1.165, 1.54) is 0 Å². The summed E-state index contributed by atoms with van der Waals surface area (Å²) in [7, 11) is 0. The fourth-order valence-electron chi connectivity index (χ4n) is 2.46. The summed E-state index contributed by atoms with van der Waals surface area (Å²) in [4.78, 5) is 23.5. The Labute approximate surface area is 153 Å². The van der Waals surface area contributed by atoms with Crippen molar-refractivity contribution in [1.29, 1.82) is 0 Å². The predicted octanol–water partition coefficient (Wildman–Crippen LogP) is 3.95. The minimum absolute atomic E-state index is 0.236. The molecule has 1 fully saturated rings. The molecule has 1 saturated carbocycles. The van der Waals surface area contributed by atoms with E-state index in [-0.39, 0.29) is 18.3 Å². The van der Waals surface area contributed by atoms with Gasteiger partial charge in [0.15, 0.2) is 5.78 Å². The highest BCUT2D eigenvalue weighted by Gasteiger charge is 2.30. The molecule has 2 aromatic carbocycles. The topological polar surface area (TPSA) is 55.4 Å². The maximum Gasteiger partial charge on any atom is 0.407 e. The lowest BCUT2D eigenvalue weighted by Gasteiger charge is -2.05. The number of rotatable bonds is 6. The van der Waals surface area contributed by atoms with Crippen molar-refractivity contribution in [3.8, 4) is 11.8 Å². The first-order valence-corrected chi connectivity index (χ1v) is 8.80. The maximum absolute atomic E-state index is 11.9. The molecule has 4 nitrogen and oxygen atoms in total. The molecule has 0 aromatic heterocycles. The fraction of sp³-hybridized carbons (Fsp3) is 0.273. The van der Waals surface area contributed by atoms with Crippen LogP contribution in [0.1, 0.15) is 40.7 Å². The summed E-state index contributed by atoms with van der Waals surface area (Å²) in [5, 5.41) is 2.67. The Balaban J connectivity index is 1.35. The standard InChI is InChI=1S/C22H21NO3/c24-21(20-13-14-20)19-11-9-17(10-12-19)6-4-5-15-23-22(25)26-16-18-7-2-1-3-8-18/h1-3,7-12,20H,5,13-16H2,(H,23,25). The van der Waals surface area contributed by atoms with Crippen molar-refractivity contribution < 1.29 is 14.3 Å². The van der Waals surface area contributed by atoms with Crippen molar-refractivity contribution in [1.82, 2.24) is 5.32 Å². The number of alkyl carbamates (subject to hydrolysis) is 1. The molecule has 1 aliphatic carbocycles. The van der Waals surface area contributed by atoms with Gasteiger partial charge in [-0.15, -0.1) is 0 Å². The second-order valence-electron chi connectivity index (χ2n) is 6.26. The Morgan fingerprint density at radius 2 is 1.77 bits per heavy atom. The third kappa shape index (κ3) is 5.49. The van der Waals surface area contributed by atoms with Gasteiger partial charge in [0, 0.05) is 30.0 Å². The van der Waals surface area contributed by atoms with Gasteiger partial charge in [-0.1, -0.05) is 54.3 Å². The van der Waals surface area contributed by atoms with Crippen LogP contribution in [0.3, 0.4) is 0 Å². The normalized spacial score (nSPS) is 12.6. The van der Waals surface area contributed by atoms with E-state index in [9.17, 15) is 9.59 Å². The number of ether oxygens (including phenoxy) is 1. The van der Waals surface area contributed by atoms with E-state index in [0.29, 0.717) is 13.0 Å². The van der Waals surface area contributed by atoms with Crippen LogP contribution in [0.4, 0.5) is 4.79 Å². The molecule has 0 saturated heterocycles. The van der Waals surface area contributed by atoms with E-state index >= 15 is 0 Å². The van der Waals surface area contributed by atoms with E-state index in [1.54, 1.807) is 0 Å². The quantitative estimate of drug-likeness (QED) is 0.489. The Morgan fingerprint density at radius 3 is 2.46 bits per heavy atom. The number of Topliss-reactive ketones (excluding diaryl/α,β-unsaturated/α-hetero) is 1. The van der Waals surface area contributed by atoms with Crippen molar-refractivity contribution in [2.24, 2.45) is 5.92 Å². The van der Waals surface area contributed by atoms with Gasteiger partial charge in [0.25, 0.3) is 0 Å². The number of carbonyl (C=O) groups excluding carboxylic acids is 2. The van der Waals surface area contributed by atoms with Gasteiger partial charge in [-0.2, -0.15) is 0 Å². The molecule has 1 amide bonds. The zero-order valence-electron chi connectivity index (χ0n) is 14.5. The van der Waals surface area contributed by atoms with Gasteiger partial charge in [0.1, 0.15) is 6.61 Å². The molecule has 0 atom stereocenters. The molecule has 3 rings (SSSR count). The van der Waals surface area contributed by atoms with Crippen LogP contribution < -0.4 is 5.32 Å². The molecule has 0 spiro atoms. The van der Waals surface area contributed by atoms with Crippen LogP contribution in [0.5, 0.6) is 0 Å². The van der Waals surface area contributed by atoms with E-state index in [4.69, 9.17) is 4.74 Å². The number of hydrogen-bond donors (Lipinski definition) is 1. The van der Waals surface area contributed by atoms with E-state index in [1.807, 2.05) is 54.6 Å². The van der Waals surface area contributed by atoms with Crippen molar-refractivity contribution in [2.45, 2.75) is 25.9 Å². The van der Waals surface area contributed by atoms with Crippen LogP contribution in [0.2, 0.25) is 0 Å². The number of benzene rings is 2. The third-order valence-electron chi connectivity index (χ3n) is 4.08. The first kappa shape index (κ1) is 17.8. The molecule has 0 radical (unpaired) electrons. The maximum atomic E-state index is 11.9. The van der Waals surface area contributed by atoms with Crippen LogP contribution in [0.25, 0.3) is 0 Å². The lowest BCUT2D eigenvalue weighted by atomic mass is 10.1. The molecular weight excluding hydrogens is 326 g/mol. The second kappa shape index (κ2) is 8.87. The summed E-state index contributed by atoms with van der Waals surface area (Å²) in [5.41, 5.74) is 2.58. The van der Waals surface area contributed by atoms with Crippen LogP contribution in [0, 0.1) is 17.8 Å². The molecule has 1 aliphatic rings. The summed E-state index contributed by atoms with van der Waals surface area (Å²) in [6.07, 6.45) is 2.12. The molecular formula is C22H21NO3. The number of ketones is 1. The molecule has 0 heterocycles. The average Bonchev–Trinajstić information content (AvgIpc) is 3.52. The smallest absolute Gasteiger partial charge is 0.407 e. The first-order chi connectivity index (χ1) is 12.7. The summed E-state index contributed by atoms with van der Waals surface area (Å²) in [5.74, 6) is 6.52. The Bertz CT molecular complexity index is 812. The summed E-state index contributed by atoms with van der Waals surface area (Å²) < 4.78 is 5.12. The van der Waals surface area contributed by atoms with Gasteiger partial charge in [-0.05, 0) is 30.5 Å². The van der Waals surface area contributed by atoms with Gasteiger partial charge < -0.3 is 10.1 Å². The van der Waals surface area contributed by atoms with Gasteiger partial charge >= 0.3 is 6.09 Å². The van der Waals surface area contributed by atoms with E-state index < -0.39 is 6.09 Å². The fourth-order valence-corrected chi connectivity index (χ4v) is 2.46. The molecule has 0 aliphatic heterocycles. The number of carbonyl (C=O) groups is 2. The molecule has 0 unspecified atom stereocenters. The van der Waals surface area contributed by atoms with Crippen molar-refractivity contribution in [2.75, 3.05) is 6.54 Å². The van der Waals surface area contributed by atoms with Crippen molar-refractivity contribution in [3.63, 3.8) is 0 Å². The molecule has 0 bridgehead atoms. The Hall–Kier alpha value is -3.06. The van der Waals surface area contributed by atoms with E-state index in [0.717, 1.165) is 29.5 Å². The minimum atomic E-state index is -0.446. The van der Waals surface area contributed by atoms with Crippen molar-refractivity contribution >= 4 is 11.9 Å². The van der Waals surface area contributed by atoms with Crippen molar-refractivity contribution in [3.05, 3.63) is 71.3 Å². The lowest BCUT2D eigenvalue weighted by Crippen LogP contribution is -2.24. The average molecular weight is 347 g/mol. The van der Waals surface area contributed by atoms with Gasteiger partial charge in [0.05, 0.1) is 0 Å². The highest BCUT2D eigenvalue weighted by atomic mass is 16.5. The lowest BCUT2D eigenvalue weighted by molar-refractivity contribution is 0.0967. The largest absolute Gasteiger partial charge is 0.445 e. The zero-order valence-corrected chi connectivity index (χ0v) is 14.5. The first-order valence-electron chi connectivity index (χ1n) is 8.80. The minimum Gasteiger partial charge on any atom is -0.445 e. The third-order valence-corrected chi connectivity index (χ3v) is 4.08. The second-order valence-corrected chi connectivity index (χ2v) is 6.26. The highest BCUT2D eigenvalue weighted by Crippen LogP contribution is 2.32. The highest BCUT2D eigenvalue weighted by molar-refractivity contribution is 5.99. The van der Waals surface area contributed by atoms with Crippen LogP contribution >= 0.6 is 0 Å². The number of amides is 1. The molecule has 2 aromatic rings. The zero-order chi connectivity index (χ0) is 18.2. The van der Waals surface area contributed by atoms with E-state index in [2.05, 4.69) is 17.2 Å². The Kier molecular flexibility index (Phi) is 6.05. The number of nitrogens with one attached hydrogen (secondary N) is 1. The van der Waals surface area contributed by atoms with Gasteiger partial charge in [-0.3, -0.25) is 4.79 Å². The molecule has 132 valence electrons. The predicted molar refractivity (Wildman–Crippen MR) is 99.6 cm³/mol. The summed E-state index contributed by atoms with van der Waals surface area (Å²) in [6.45, 7) is 0.684. The number of hydrogen-bond acceptors (Lipinski definition) is 3. The Morgan fingerprint density at radius 1 is 1.04 bits per heavy atom. The monoisotopic (exact) mass is 347 g/mol. The van der Waals surface area contributed by atoms with Crippen LogP contribution in [-0.2, 0) is 11.3 Å². The van der Waals surface area contributed by atoms with Crippen LogP contribution in [-0.4, -0.2) is 18.4 Å². The van der Waals surface area contributed by atoms with Gasteiger partial charge in [-0.25, -0.2) is 4.79 Å². The van der Waals surface area contributed by atoms with Gasteiger partial charge in [0.2, 0.25) is 0 Å². The van der Waals surface area contributed by atoms with Crippen LogP contribution in [0.15, 0.2) is 54.6 Å². The SMILES string of the molecule is O=C(NCCC#Cc1ccc(C(=O)C2CC2)cc1)OCc1ccccc1. The molecule has 1 N–H and O–H groups in total. The summed E-state index contributed by atoms with van der Waals surface area (Å²) >= 11 is 0. The molecule has 26 heavy (non-hydrogen) atoms. The molecule has 4 heteroatoms.